The van der Waals surface area contributed by atoms with E-state index >= 15 is 0 Å². The molecule has 6 heteroatoms. The van der Waals surface area contributed by atoms with Gasteiger partial charge in [-0.2, -0.15) is 0 Å². The van der Waals surface area contributed by atoms with Gasteiger partial charge in [-0.1, -0.05) is 43.5 Å². The van der Waals surface area contributed by atoms with Crippen LogP contribution in [0.4, 0.5) is 0 Å². The number of carbonyl (C=O) groups excluding carboxylic acids is 1. The summed E-state index contributed by atoms with van der Waals surface area (Å²) in [5, 5.41) is 5.75. The average molecular weight is 409 g/mol. The fourth-order valence-electron chi connectivity index (χ4n) is 4.72. The molecule has 0 saturated carbocycles. The number of amides is 1. The van der Waals surface area contributed by atoms with Crippen LogP contribution in [0.1, 0.15) is 59.4 Å². The summed E-state index contributed by atoms with van der Waals surface area (Å²) in [7, 11) is 0. The zero-order chi connectivity index (χ0) is 19.6. The zero-order valence-electron chi connectivity index (χ0n) is 16.8. The fraction of sp³-hybridized carbons (Fsp3) is 0.478. The van der Waals surface area contributed by atoms with Gasteiger partial charge in [0, 0.05) is 37.3 Å². The first-order valence-electron chi connectivity index (χ1n) is 10.8. The number of fused-ring (bicyclic) bond motifs is 2. The maximum atomic E-state index is 13.4. The summed E-state index contributed by atoms with van der Waals surface area (Å²) < 4.78 is 2.09. The smallest absolute Gasteiger partial charge is 0.274 e. The summed E-state index contributed by atoms with van der Waals surface area (Å²) in [6, 6.07) is 9.11. The number of rotatable bonds is 4. The lowest BCUT2D eigenvalue weighted by molar-refractivity contribution is 0.0735. The van der Waals surface area contributed by atoms with Crippen molar-refractivity contribution in [3.63, 3.8) is 0 Å². The van der Waals surface area contributed by atoms with Crippen molar-refractivity contribution in [3.05, 3.63) is 58.4 Å². The number of likely N-dealkylation sites (tertiary alicyclic amines) is 1. The molecule has 1 amide bonds. The summed E-state index contributed by atoms with van der Waals surface area (Å²) in [5.41, 5.74) is 4.52. The molecule has 1 aliphatic heterocycles. The van der Waals surface area contributed by atoms with Crippen LogP contribution in [0.5, 0.6) is 0 Å². The Morgan fingerprint density at radius 3 is 2.48 bits per heavy atom. The minimum absolute atomic E-state index is 0.106. The molecule has 0 unspecified atom stereocenters. The van der Waals surface area contributed by atoms with Gasteiger partial charge >= 0.3 is 0 Å². The number of aromatic nitrogens is 2. The Morgan fingerprint density at radius 2 is 1.76 bits per heavy atom. The average Bonchev–Trinajstić information content (AvgIpc) is 3.39. The van der Waals surface area contributed by atoms with Crippen molar-refractivity contribution in [2.75, 3.05) is 13.1 Å². The van der Waals surface area contributed by atoms with Crippen LogP contribution in [-0.2, 0) is 19.4 Å². The molecule has 1 aliphatic carbocycles. The minimum Gasteiger partial charge on any atom is -0.337 e. The predicted octanol–water partition coefficient (Wildman–Crippen LogP) is 4.06. The molecule has 0 spiro atoms. The van der Waals surface area contributed by atoms with Crippen molar-refractivity contribution in [2.24, 2.45) is 0 Å². The third kappa shape index (κ3) is 3.83. The standard InChI is InChI=1S/C23H28N4OS/c28-22(26-10-6-2-1-3-7-11-26)21-20(27-12-13-29-23(27)25-21)16-24-19-14-17-8-4-5-9-18(17)15-19/h4-5,8-9,12-13,19,24H,1-3,6-7,10-11,14-16H2. The molecule has 3 aromatic rings. The summed E-state index contributed by atoms with van der Waals surface area (Å²) in [4.78, 5) is 21.0. The topological polar surface area (TPSA) is 49.6 Å². The van der Waals surface area contributed by atoms with Crippen molar-refractivity contribution < 1.29 is 4.79 Å². The van der Waals surface area contributed by atoms with Crippen LogP contribution in [-0.4, -0.2) is 39.3 Å². The first-order valence-corrected chi connectivity index (χ1v) is 11.7. The van der Waals surface area contributed by atoms with Gasteiger partial charge in [0.05, 0.1) is 5.69 Å². The number of hydrogen-bond donors (Lipinski definition) is 1. The van der Waals surface area contributed by atoms with Gasteiger partial charge < -0.3 is 10.2 Å². The number of benzene rings is 1. The molecule has 152 valence electrons. The van der Waals surface area contributed by atoms with Gasteiger partial charge in [-0.3, -0.25) is 9.20 Å². The van der Waals surface area contributed by atoms with E-state index in [1.807, 2.05) is 16.5 Å². The van der Waals surface area contributed by atoms with Gasteiger partial charge in [-0.25, -0.2) is 4.98 Å². The molecule has 1 aromatic carbocycles. The first kappa shape index (κ1) is 18.8. The Kier molecular flexibility index (Phi) is 5.38. The van der Waals surface area contributed by atoms with Crippen molar-refractivity contribution in [1.82, 2.24) is 19.6 Å². The van der Waals surface area contributed by atoms with Crippen molar-refractivity contribution in [3.8, 4) is 0 Å². The van der Waals surface area contributed by atoms with E-state index in [9.17, 15) is 4.79 Å². The zero-order valence-corrected chi connectivity index (χ0v) is 17.6. The summed E-state index contributed by atoms with van der Waals surface area (Å²) >= 11 is 1.60. The second kappa shape index (κ2) is 8.28. The van der Waals surface area contributed by atoms with Crippen LogP contribution < -0.4 is 5.32 Å². The van der Waals surface area contributed by atoms with Gasteiger partial charge in [0.25, 0.3) is 5.91 Å². The van der Waals surface area contributed by atoms with Gasteiger partial charge in [-0.15, -0.1) is 11.3 Å². The van der Waals surface area contributed by atoms with E-state index < -0.39 is 0 Å². The van der Waals surface area contributed by atoms with Crippen LogP contribution in [0, 0.1) is 0 Å². The third-order valence-corrected chi connectivity index (χ3v) is 7.07. The molecule has 29 heavy (non-hydrogen) atoms. The number of hydrogen-bond acceptors (Lipinski definition) is 4. The van der Waals surface area contributed by atoms with Crippen molar-refractivity contribution >= 4 is 22.2 Å². The van der Waals surface area contributed by atoms with Crippen molar-refractivity contribution in [2.45, 2.75) is 57.5 Å². The quantitative estimate of drug-likeness (QED) is 0.708. The molecule has 5 nitrogen and oxygen atoms in total. The molecule has 1 saturated heterocycles. The normalized spacial score (nSPS) is 18.0. The minimum atomic E-state index is 0.106. The highest BCUT2D eigenvalue weighted by Crippen LogP contribution is 2.24. The molecule has 2 aliphatic rings. The highest BCUT2D eigenvalue weighted by Gasteiger charge is 2.26. The lowest BCUT2D eigenvalue weighted by Gasteiger charge is -2.24. The molecule has 1 fully saturated rings. The van der Waals surface area contributed by atoms with Crippen molar-refractivity contribution in [1.29, 1.82) is 0 Å². The number of nitrogens with zero attached hydrogens (tertiary/aromatic N) is 3. The van der Waals surface area contributed by atoms with Gasteiger partial charge in [-0.05, 0) is 36.8 Å². The molecule has 5 rings (SSSR count). The van der Waals surface area contributed by atoms with E-state index in [0.29, 0.717) is 18.3 Å². The van der Waals surface area contributed by atoms with Gasteiger partial charge in [0.15, 0.2) is 10.7 Å². The molecule has 1 N–H and O–H groups in total. The number of nitrogens with one attached hydrogen (secondary N) is 1. The monoisotopic (exact) mass is 408 g/mol. The SMILES string of the molecule is O=C(c1nc2sccn2c1CNC1Cc2ccccc2C1)N1CCCCCCC1. The molecule has 0 radical (unpaired) electrons. The van der Waals surface area contributed by atoms with E-state index in [-0.39, 0.29) is 5.91 Å². The molecule has 3 heterocycles. The van der Waals surface area contributed by atoms with Crippen LogP contribution in [0.2, 0.25) is 0 Å². The highest BCUT2D eigenvalue weighted by atomic mass is 32.1. The van der Waals surface area contributed by atoms with Crippen LogP contribution in [0.25, 0.3) is 4.96 Å². The number of carbonyl (C=O) groups is 1. The van der Waals surface area contributed by atoms with Crippen LogP contribution in [0.3, 0.4) is 0 Å². The first-order chi connectivity index (χ1) is 14.3. The molecular weight excluding hydrogens is 380 g/mol. The molecule has 2 aromatic heterocycles. The Morgan fingerprint density at radius 1 is 1.07 bits per heavy atom. The largest absolute Gasteiger partial charge is 0.337 e. The lowest BCUT2D eigenvalue weighted by atomic mass is 10.1. The molecule has 0 atom stereocenters. The number of thiazole rings is 1. The molecular formula is C23H28N4OS. The van der Waals surface area contributed by atoms with Crippen LogP contribution >= 0.6 is 11.3 Å². The summed E-state index contributed by atoms with van der Waals surface area (Å²) in [6.45, 7) is 2.38. The Labute approximate surface area is 175 Å². The maximum absolute atomic E-state index is 13.4. The Hall–Kier alpha value is -2.18. The van der Waals surface area contributed by atoms with E-state index in [0.717, 1.165) is 49.4 Å². The Bertz CT molecular complexity index is 974. The Balaban J connectivity index is 1.34. The number of imidazole rings is 1. The highest BCUT2D eigenvalue weighted by molar-refractivity contribution is 7.15. The van der Waals surface area contributed by atoms with E-state index in [2.05, 4.69) is 34.0 Å². The van der Waals surface area contributed by atoms with E-state index in [1.54, 1.807) is 11.3 Å². The predicted molar refractivity (Wildman–Crippen MR) is 117 cm³/mol. The second-order valence-electron chi connectivity index (χ2n) is 8.28. The third-order valence-electron chi connectivity index (χ3n) is 6.32. The fourth-order valence-corrected chi connectivity index (χ4v) is 5.45. The summed E-state index contributed by atoms with van der Waals surface area (Å²) in [5.74, 6) is 0.106. The van der Waals surface area contributed by atoms with Crippen LogP contribution in [0.15, 0.2) is 35.8 Å². The van der Waals surface area contributed by atoms with Gasteiger partial charge in [0.1, 0.15) is 0 Å². The maximum Gasteiger partial charge on any atom is 0.274 e. The van der Waals surface area contributed by atoms with E-state index in [4.69, 9.17) is 4.98 Å². The second-order valence-corrected chi connectivity index (χ2v) is 9.15. The lowest BCUT2D eigenvalue weighted by Crippen LogP contribution is -2.35. The molecule has 0 bridgehead atoms. The summed E-state index contributed by atoms with van der Waals surface area (Å²) in [6.07, 6.45) is 10.1. The van der Waals surface area contributed by atoms with Gasteiger partial charge in [0.2, 0.25) is 0 Å². The van der Waals surface area contributed by atoms with E-state index in [1.165, 1.54) is 30.4 Å².